The van der Waals surface area contributed by atoms with Crippen molar-refractivity contribution in [3.63, 3.8) is 0 Å². The van der Waals surface area contributed by atoms with Crippen LogP contribution in [0.5, 0.6) is 0 Å². The molecule has 0 aromatic heterocycles. The third kappa shape index (κ3) is 2.02. The van der Waals surface area contributed by atoms with Gasteiger partial charge in [0, 0.05) is 19.7 Å². The quantitative estimate of drug-likeness (QED) is 0.598. The molecular weight excluding hydrogens is 150 g/mol. The monoisotopic (exact) mass is 163 g/mol. The van der Waals surface area contributed by atoms with E-state index in [1.165, 1.54) is 0 Å². The number of aliphatic hydroxyl groups is 1. The van der Waals surface area contributed by atoms with Crippen LogP contribution in [-0.2, 0) is 0 Å². The molecule has 0 spiro atoms. The molecule has 0 aromatic carbocycles. The molecule has 12 heavy (non-hydrogen) atoms. The zero-order valence-electron chi connectivity index (χ0n) is 7.36. The molecule has 1 N–H and O–H groups in total. The molecule has 0 fully saturated rings. The standard InChI is InChI=1S/C10H13NO/c1-11(2)10(12)9-7-5-3-4-6-8-9/h3-8,12H,1-2H3. The summed E-state index contributed by atoms with van der Waals surface area (Å²) in [5.41, 5.74) is 0.824. The van der Waals surface area contributed by atoms with Crippen LogP contribution < -0.4 is 0 Å². The Morgan fingerprint density at radius 3 is 2.00 bits per heavy atom. The van der Waals surface area contributed by atoms with E-state index >= 15 is 0 Å². The average molecular weight is 163 g/mol. The summed E-state index contributed by atoms with van der Waals surface area (Å²) >= 11 is 0. The smallest absolute Gasteiger partial charge is 0.193 e. The van der Waals surface area contributed by atoms with Gasteiger partial charge in [0.15, 0.2) is 5.88 Å². The minimum Gasteiger partial charge on any atom is -0.494 e. The van der Waals surface area contributed by atoms with Crippen molar-refractivity contribution in [3.05, 3.63) is 47.9 Å². The number of hydrogen-bond acceptors (Lipinski definition) is 2. The normalized spacial score (nSPS) is 14.7. The van der Waals surface area contributed by atoms with Crippen LogP contribution in [0.3, 0.4) is 0 Å². The average Bonchev–Trinajstić information content (AvgIpc) is 2.30. The second-order valence-electron chi connectivity index (χ2n) is 2.78. The summed E-state index contributed by atoms with van der Waals surface area (Å²) in [6, 6.07) is 0. The number of nitrogens with zero attached hydrogens (tertiary/aromatic N) is 1. The number of hydrogen-bond donors (Lipinski definition) is 1. The van der Waals surface area contributed by atoms with E-state index in [9.17, 15) is 5.11 Å². The minimum atomic E-state index is 0.284. The fraction of sp³-hybridized carbons (Fsp3) is 0.200. The van der Waals surface area contributed by atoms with Crippen LogP contribution in [0.4, 0.5) is 0 Å². The Morgan fingerprint density at radius 1 is 1.08 bits per heavy atom. The van der Waals surface area contributed by atoms with Crippen molar-refractivity contribution in [2.75, 3.05) is 14.1 Å². The van der Waals surface area contributed by atoms with Crippen LogP contribution in [0, 0.1) is 0 Å². The molecule has 0 aromatic rings. The lowest BCUT2D eigenvalue weighted by Gasteiger charge is -2.12. The van der Waals surface area contributed by atoms with Gasteiger partial charge >= 0.3 is 0 Å². The molecule has 0 saturated heterocycles. The van der Waals surface area contributed by atoms with Crippen LogP contribution in [-0.4, -0.2) is 24.1 Å². The largest absolute Gasteiger partial charge is 0.494 e. The zero-order valence-corrected chi connectivity index (χ0v) is 7.36. The number of rotatable bonds is 1. The van der Waals surface area contributed by atoms with Crippen molar-refractivity contribution in [1.82, 2.24) is 4.90 Å². The molecule has 1 rings (SSSR count). The molecule has 0 amide bonds. The highest BCUT2D eigenvalue weighted by molar-refractivity contribution is 5.38. The highest BCUT2D eigenvalue weighted by atomic mass is 16.3. The van der Waals surface area contributed by atoms with Crippen LogP contribution >= 0.6 is 0 Å². The highest BCUT2D eigenvalue weighted by Crippen LogP contribution is 2.09. The molecule has 64 valence electrons. The molecule has 1 aliphatic carbocycles. The summed E-state index contributed by atoms with van der Waals surface area (Å²) in [6.45, 7) is 0. The van der Waals surface area contributed by atoms with E-state index in [-0.39, 0.29) is 5.88 Å². The van der Waals surface area contributed by atoms with Crippen molar-refractivity contribution in [2.45, 2.75) is 0 Å². The maximum absolute atomic E-state index is 9.55. The molecule has 0 radical (unpaired) electrons. The second-order valence-corrected chi connectivity index (χ2v) is 2.78. The molecule has 0 atom stereocenters. The van der Waals surface area contributed by atoms with E-state index in [1.54, 1.807) is 4.90 Å². The van der Waals surface area contributed by atoms with Gasteiger partial charge in [0.2, 0.25) is 0 Å². The van der Waals surface area contributed by atoms with Crippen molar-refractivity contribution >= 4 is 0 Å². The Labute approximate surface area is 72.8 Å². The Kier molecular flexibility index (Phi) is 2.75. The summed E-state index contributed by atoms with van der Waals surface area (Å²) in [5, 5.41) is 9.55. The van der Waals surface area contributed by atoms with Gasteiger partial charge in [-0.25, -0.2) is 0 Å². The van der Waals surface area contributed by atoms with Gasteiger partial charge < -0.3 is 10.0 Å². The Bertz CT molecular complexity index is 252. The Hall–Kier alpha value is -1.44. The molecule has 0 unspecified atom stereocenters. The molecule has 2 heteroatoms. The Morgan fingerprint density at radius 2 is 1.58 bits per heavy atom. The first-order valence-corrected chi connectivity index (χ1v) is 3.84. The fourth-order valence-electron chi connectivity index (χ4n) is 0.910. The van der Waals surface area contributed by atoms with Gasteiger partial charge in [0.05, 0.1) is 0 Å². The van der Waals surface area contributed by atoms with E-state index in [4.69, 9.17) is 0 Å². The summed E-state index contributed by atoms with van der Waals surface area (Å²) in [7, 11) is 3.62. The number of allylic oxidation sites excluding steroid dienone is 7. The van der Waals surface area contributed by atoms with Crippen LogP contribution in [0.15, 0.2) is 47.9 Å². The van der Waals surface area contributed by atoms with E-state index in [0.29, 0.717) is 0 Å². The van der Waals surface area contributed by atoms with Gasteiger partial charge in [-0.3, -0.25) is 0 Å². The van der Waals surface area contributed by atoms with E-state index in [0.717, 1.165) is 5.57 Å². The van der Waals surface area contributed by atoms with Gasteiger partial charge in [-0.2, -0.15) is 0 Å². The van der Waals surface area contributed by atoms with Crippen LogP contribution in [0.25, 0.3) is 0 Å². The van der Waals surface area contributed by atoms with E-state index in [1.807, 2.05) is 50.6 Å². The third-order valence-corrected chi connectivity index (χ3v) is 1.57. The fourth-order valence-corrected chi connectivity index (χ4v) is 0.910. The van der Waals surface area contributed by atoms with Crippen molar-refractivity contribution < 1.29 is 5.11 Å². The van der Waals surface area contributed by atoms with Gasteiger partial charge in [-0.05, 0) is 12.2 Å². The van der Waals surface area contributed by atoms with Gasteiger partial charge in [0.25, 0.3) is 0 Å². The zero-order chi connectivity index (χ0) is 8.97. The van der Waals surface area contributed by atoms with Gasteiger partial charge in [0.1, 0.15) is 0 Å². The lowest BCUT2D eigenvalue weighted by atomic mass is 10.2. The second kappa shape index (κ2) is 3.81. The topological polar surface area (TPSA) is 23.5 Å². The predicted octanol–water partition coefficient (Wildman–Crippen LogP) is 2.00. The summed E-state index contributed by atoms with van der Waals surface area (Å²) in [4.78, 5) is 1.68. The SMILES string of the molecule is CN(C)C(O)=C1C=CC=CC=C1. The molecule has 0 bridgehead atoms. The summed E-state index contributed by atoms with van der Waals surface area (Å²) in [5.74, 6) is 0.284. The molecular formula is C10H13NO. The first-order chi connectivity index (χ1) is 5.72. The molecule has 0 saturated carbocycles. The van der Waals surface area contributed by atoms with Crippen molar-refractivity contribution in [2.24, 2.45) is 0 Å². The minimum absolute atomic E-state index is 0.284. The maximum Gasteiger partial charge on any atom is 0.193 e. The van der Waals surface area contributed by atoms with Crippen LogP contribution in [0.1, 0.15) is 0 Å². The van der Waals surface area contributed by atoms with Gasteiger partial charge in [-0.15, -0.1) is 0 Å². The maximum atomic E-state index is 9.55. The van der Waals surface area contributed by atoms with Crippen molar-refractivity contribution in [1.29, 1.82) is 0 Å². The number of aliphatic hydroxyl groups excluding tert-OH is 1. The highest BCUT2D eigenvalue weighted by Gasteiger charge is 2.00. The molecule has 0 heterocycles. The van der Waals surface area contributed by atoms with Crippen molar-refractivity contribution in [3.8, 4) is 0 Å². The predicted molar refractivity (Wildman–Crippen MR) is 50.8 cm³/mol. The lowest BCUT2D eigenvalue weighted by molar-refractivity contribution is 0.261. The first-order valence-electron chi connectivity index (χ1n) is 3.84. The first kappa shape index (κ1) is 8.65. The molecule has 1 aliphatic rings. The molecule has 2 nitrogen and oxygen atoms in total. The third-order valence-electron chi connectivity index (χ3n) is 1.57. The summed E-state index contributed by atoms with van der Waals surface area (Å²) < 4.78 is 0. The lowest BCUT2D eigenvalue weighted by Crippen LogP contribution is -2.11. The van der Waals surface area contributed by atoms with E-state index in [2.05, 4.69) is 0 Å². The molecule has 0 aliphatic heterocycles. The Balaban J connectivity index is 2.95. The van der Waals surface area contributed by atoms with Gasteiger partial charge in [-0.1, -0.05) is 24.3 Å². The van der Waals surface area contributed by atoms with E-state index < -0.39 is 0 Å². The summed E-state index contributed by atoms with van der Waals surface area (Å²) in [6.07, 6.45) is 11.4. The van der Waals surface area contributed by atoms with Crippen LogP contribution in [0.2, 0.25) is 0 Å².